The zero-order valence-corrected chi connectivity index (χ0v) is 12.4. The number of carbonyl (C=O) groups excluding carboxylic acids is 1. The second-order valence-electron chi connectivity index (χ2n) is 5.48. The monoisotopic (exact) mass is 323 g/mol. The van der Waals surface area contributed by atoms with Gasteiger partial charge in [0.25, 0.3) is 0 Å². The number of aliphatic hydroxyl groups is 1. The fourth-order valence-electron chi connectivity index (χ4n) is 2.08. The van der Waals surface area contributed by atoms with Crippen molar-refractivity contribution in [2.24, 2.45) is 0 Å². The van der Waals surface area contributed by atoms with E-state index in [-0.39, 0.29) is 13.0 Å². The van der Waals surface area contributed by atoms with E-state index < -0.39 is 29.0 Å². The number of carbonyl (C=O) groups is 1. The molecular formula is C17H16F3NO2. The molecule has 0 heterocycles. The lowest BCUT2D eigenvalue weighted by Gasteiger charge is -2.24. The summed E-state index contributed by atoms with van der Waals surface area (Å²) in [6.07, 6.45) is -0.142. The summed E-state index contributed by atoms with van der Waals surface area (Å²) in [7, 11) is 0. The van der Waals surface area contributed by atoms with Crippen LogP contribution in [0.4, 0.5) is 13.2 Å². The molecule has 0 aliphatic rings. The maximum Gasteiger partial charge on any atom is 0.224 e. The Kier molecular flexibility index (Phi) is 5.05. The number of halogens is 3. The SMILES string of the molecule is CC(O)(CNC(=O)Cc1ccc(F)c(F)c1)c1ccc(F)cc1. The Bertz CT molecular complexity index is 699. The van der Waals surface area contributed by atoms with Gasteiger partial charge in [0.15, 0.2) is 11.6 Å². The van der Waals surface area contributed by atoms with E-state index in [2.05, 4.69) is 5.32 Å². The van der Waals surface area contributed by atoms with Crippen LogP contribution in [0.25, 0.3) is 0 Å². The fraction of sp³-hybridized carbons (Fsp3) is 0.235. The number of nitrogens with one attached hydrogen (secondary N) is 1. The Morgan fingerprint density at radius 1 is 1.09 bits per heavy atom. The van der Waals surface area contributed by atoms with Crippen molar-refractivity contribution in [2.75, 3.05) is 6.54 Å². The predicted molar refractivity (Wildman–Crippen MR) is 79.0 cm³/mol. The third-order valence-electron chi connectivity index (χ3n) is 3.44. The van der Waals surface area contributed by atoms with Crippen LogP contribution in [0.15, 0.2) is 42.5 Å². The molecule has 0 aliphatic carbocycles. The summed E-state index contributed by atoms with van der Waals surface area (Å²) in [6, 6.07) is 8.50. The summed E-state index contributed by atoms with van der Waals surface area (Å²) >= 11 is 0. The number of hydrogen-bond donors (Lipinski definition) is 2. The minimum Gasteiger partial charge on any atom is -0.384 e. The molecule has 1 unspecified atom stereocenters. The molecule has 2 aromatic rings. The van der Waals surface area contributed by atoms with E-state index in [0.717, 1.165) is 12.1 Å². The van der Waals surface area contributed by atoms with E-state index >= 15 is 0 Å². The fourth-order valence-corrected chi connectivity index (χ4v) is 2.08. The van der Waals surface area contributed by atoms with Crippen molar-refractivity contribution in [2.45, 2.75) is 18.9 Å². The summed E-state index contributed by atoms with van der Waals surface area (Å²) in [5.41, 5.74) is -0.605. The highest BCUT2D eigenvalue weighted by Crippen LogP contribution is 2.20. The summed E-state index contributed by atoms with van der Waals surface area (Å²) in [6.45, 7) is 1.39. The van der Waals surface area contributed by atoms with Crippen LogP contribution in [0.2, 0.25) is 0 Å². The van der Waals surface area contributed by atoms with Crippen LogP contribution in [0.1, 0.15) is 18.1 Å². The molecule has 1 atom stereocenters. The molecule has 23 heavy (non-hydrogen) atoms. The van der Waals surface area contributed by atoms with Crippen molar-refractivity contribution < 1.29 is 23.1 Å². The molecule has 3 nitrogen and oxygen atoms in total. The average Bonchev–Trinajstić information content (AvgIpc) is 2.50. The smallest absolute Gasteiger partial charge is 0.224 e. The molecule has 1 amide bonds. The lowest BCUT2D eigenvalue weighted by atomic mass is 9.96. The van der Waals surface area contributed by atoms with Crippen LogP contribution in [0.5, 0.6) is 0 Å². The van der Waals surface area contributed by atoms with Crippen LogP contribution in [-0.2, 0) is 16.8 Å². The normalized spacial score (nSPS) is 13.4. The van der Waals surface area contributed by atoms with Crippen molar-refractivity contribution in [3.05, 3.63) is 71.0 Å². The van der Waals surface area contributed by atoms with E-state index in [9.17, 15) is 23.1 Å². The van der Waals surface area contributed by atoms with E-state index in [1.54, 1.807) is 0 Å². The first-order chi connectivity index (χ1) is 10.8. The van der Waals surface area contributed by atoms with Crippen LogP contribution >= 0.6 is 0 Å². The highest BCUT2D eigenvalue weighted by molar-refractivity contribution is 5.78. The Hall–Kier alpha value is -2.34. The molecule has 0 saturated carbocycles. The van der Waals surface area contributed by atoms with Gasteiger partial charge in [-0.15, -0.1) is 0 Å². The molecule has 0 aliphatic heterocycles. The third-order valence-corrected chi connectivity index (χ3v) is 3.44. The maximum atomic E-state index is 13.1. The zero-order chi connectivity index (χ0) is 17.0. The summed E-state index contributed by atoms with van der Waals surface area (Å²) < 4.78 is 38.8. The molecule has 0 spiro atoms. The number of rotatable bonds is 5. The molecule has 0 saturated heterocycles. The van der Waals surface area contributed by atoms with E-state index in [1.165, 1.54) is 37.3 Å². The van der Waals surface area contributed by atoms with Crippen molar-refractivity contribution in [3.63, 3.8) is 0 Å². The highest BCUT2D eigenvalue weighted by Gasteiger charge is 2.23. The Labute approximate surface area is 131 Å². The van der Waals surface area contributed by atoms with E-state index in [4.69, 9.17) is 0 Å². The van der Waals surface area contributed by atoms with Crippen molar-refractivity contribution in [1.29, 1.82) is 0 Å². The molecule has 6 heteroatoms. The Morgan fingerprint density at radius 3 is 2.35 bits per heavy atom. The lowest BCUT2D eigenvalue weighted by molar-refractivity contribution is -0.121. The van der Waals surface area contributed by atoms with Gasteiger partial charge < -0.3 is 10.4 Å². The maximum absolute atomic E-state index is 13.1. The van der Waals surface area contributed by atoms with Crippen molar-refractivity contribution >= 4 is 5.91 Å². The molecule has 0 fully saturated rings. The van der Waals surface area contributed by atoms with Crippen LogP contribution in [-0.4, -0.2) is 17.6 Å². The highest BCUT2D eigenvalue weighted by atomic mass is 19.2. The molecule has 2 aromatic carbocycles. The van der Waals surface area contributed by atoms with Gasteiger partial charge in [-0.3, -0.25) is 4.79 Å². The molecule has 0 bridgehead atoms. The van der Waals surface area contributed by atoms with Crippen molar-refractivity contribution in [1.82, 2.24) is 5.32 Å². The Balaban J connectivity index is 1.95. The van der Waals surface area contributed by atoms with Crippen LogP contribution in [0, 0.1) is 17.5 Å². The number of hydrogen-bond acceptors (Lipinski definition) is 2. The van der Waals surface area contributed by atoms with E-state index in [1.807, 2.05) is 0 Å². The third kappa shape index (κ3) is 4.56. The zero-order valence-electron chi connectivity index (χ0n) is 12.4. The van der Waals surface area contributed by atoms with E-state index in [0.29, 0.717) is 11.1 Å². The minimum atomic E-state index is -1.38. The number of benzene rings is 2. The summed E-state index contributed by atoms with van der Waals surface area (Å²) in [5.74, 6) is -2.87. The largest absolute Gasteiger partial charge is 0.384 e. The first kappa shape index (κ1) is 17.0. The van der Waals surface area contributed by atoms with Gasteiger partial charge in [0, 0.05) is 0 Å². The second-order valence-corrected chi connectivity index (χ2v) is 5.48. The molecule has 2 rings (SSSR count). The average molecular weight is 323 g/mol. The van der Waals surface area contributed by atoms with Gasteiger partial charge in [0.2, 0.25) is 5.91 Å². The molecule has 0 radical (unpaired) electrons. The van der Waals surface area contributed by atoms with Gasteiger partial charge in [0.1, 0.15) is 11.4 Å². The number of amides is 1. The standard InChI is InChI=1S/C17H16F3NO2/c1-17(23,12-3-5-13(18)6-4-12)10-21-16(22)9-11-2-7-14(19)15(20)8-11/h2-8,23H,9-10H2,1H3,(H,21,22). The first-order valence-electron chi connectivity index (χ1n) is 6.97. The minimum absolute atomic E-state index is 0.0961. The van der Waals surface area contributed by atoms with Gasteiger partial charge >= 0.3 is 0 Å². The molecular weight excluding hydrogens is 307 g/mol. The molecule has 122 valence electrons. The second kappa shape index (κ2) is 6.83. The van der Waals surface area contributed by atoms with Gasteiger partial charge in [-0.2, -0.15) is 0 Å². The first-order valence-corrected chi connectivity index (χ1v) is 6.97. The van der Waals surface area contributed by atoms with Crippen LogP contribution in [0.3, 0.4) is 0 Å². The predicted octanol–water partition coefficient (Wildman–Crippen LogP) is 2.67. The molecule has 0 aromatic heterocycles. The quantitative estimate of drug-likeness (QED) is 0.889. The Morgan fingerprint density at radius 2 is 1.74 bits per heavy atom. The van der Waals surface area contributed by atoms with Gasteiger partial charge in [-0.05, 0) is 42.3 Å². The summed E-state index contributed by atoms with van der Waals surface area (Å²) in [4.78, 5) is 11.8. The van der Waals surface area contributed by atoms with Gasteiger partial charge in [-0.25, -0.2) is 13.2 Å². The lowest BCUT2D eigenvalue weighted by Crippen LogP contribution is -2.39. The topological polar surface area (TPSA) is 49.3 Å². The van der Waals surface area contributed by atoms with Gasteiger partial charge in [0.05, 0.1) is 13.0 Å². The van der Waals surface area contributed by atoms with Crippen LogP contribution < -0.4 is 5.32 Å². The molecule has 2 N–H and O–H groups in total. The summed E-state index contributed by atoms with van der Waals surface area (Å²) in [5, 5.41) is 12.8. The van der Waals surface area contributed by atoms with Crippen molar-refractivity contribution in [3.8, 4) is 0 Å². The van der Waals surface area contributed by atoms with Gasteiger partial charge in [-0.1, -0.05) is 18.2 Å².